The number of nitrogens with zero attached hydrogens (tertiary/aromatic N) is 4. The summed E-state index contributed by atoms with van der Waals surface area (Å²) in [6.07, 6.45) is -3.75. The van der Waals surface area contributed by atoms with Gasteiger partial charge in [-0.15, -0.1) is 0 Å². The Hall–Kier alpha value is -3.91. The van der Waals surface area contributed by atoms with Gasteiger partial charge in [0.15, 0.2) is 11.4 Å². The van der Waals surface area contributed by atoms with Gasteiger partial charge in [0.2, 0.25) is 5.69 Å². The van der Waals surface area contributed by atoms with Crippen molar-refractivity contribution in [1.82, 2.24) is 14.5 Å². The molecule has 182 valence electrons. The molecule has 11 heteroatoms. The number of likely N-dealkylation sites (tertiary alicyclic amines) is 1. The van der Waals surface area contributed by atoms with E-state index in [1.165, 1.54) is 42.3 Å². The third-order valence-electron chi connectivity index (χ3n) is 5.75. The number of halogens is 4. The molecule has 0 aliphatic carbocycles. The Labute approximate surface area is 198 Å². The highest BCUT2D eigenvalue weighted by Gasteiger charge is 2.44. The van der Waals surface area contributed by atoms with Gasteiger partial charge < -0.3 is 15.4 Å². The molecule has 1 atom stereocenters. The molecule has 2 heterocycles. The Morgan fingerprint density at radius 3 is 2.51 bits per heavy atom. The molecule has 0 bridgehead atoms. The van der Waals surface area contributed by atoms with Gasteiger partial charge in [-0.2, -0.15) is 13.2 Å². The maximum Gasteiger partial charge on any atom is 0.434 e. The Morgan fingerprint density at radius 2 is 1.94 bits per heavy atom. The van der Waals surface area contributed by atoms with Crippen LogP contribution in [-0.2, 0) is 6.18 Å². The number of nitrogens with two attached hydrogens (primary N) is 1. The summed E-state index contributed by atoms with van der Waals surface area (Å²) >= 11 is 0. The largest absolute Gasteiger partial charge is 0.497 e. The number of ether oxygens (including phenoxy) is 1. The predicted molar refractivity (Wildman–Crippen MR) is 120 cm³/mol. The van der Waals surface area contributed by atoms with E-state index in [0.717, 1.165) is 16.7 Å². The van der Waals surface area contributed by atoms with Crippen LogP contribution in [0.15, 0.2) is 42.5 Å². The van der Waals surface area contributed by atoms with Crippen molar-refractivity contribution in [2.45, 2.75) is 25.1 Å². The van der Waals surface area contributed by atoms with Crippen LogP contribution < -0.4 is 10.5 Å². The van der Waals surface area contributed by atoms with Crippen LogP contribution in [0.1, 0.15) is 29.0 Å². The normalized spacial score (nSPS) is 16.1. The van der Waals surface area contributed by atoms with E-state index >= 15 is 0 Å². The minimum Gasteiger partial charge on any atom is -0.497 e. The number of benzene rings is 2. The lowest BCUT2D eigenvalue weighted by Gasteiger charge is -2.30. The van der Waals surface area contributed by atoms with Crippen LogP contribution in [0.4, 0.5) is 23.2 Å². The zero-order valence-corrected chi connectivity index (χ0v) is 18.6. The number of hydrogen-bond donors (Lipinski definition) is 1. The van der Waals surface area contributed by atoms with Crippen molar-refractivity contribution >= 4 is 11.6 Å². The van der Waals surface area contributed by atoms with Gasteiger partial charge in [0.1, 0.15) is 17.4 Å². The lowest BCUT2D eigenvalue weighted by Crippen LogP contribution is -2.46. The molecular weight excluding hydrogens is 466 g/mol. The van der Waals surface area contributed by atoms with Crippen molar-refractivity contribution in [3.8, 4) is 22.8 Å². The van der Waals surface area contributed by atoms with Gasteiger partial charge >= 0.3 is 6.18 Å². The van der Waals surface area contributed by atoms with Crippen molar-refractivity contribution in [1.29, 1.82) is 0 Å². The summed E-state index contributed by atoms with van der Waals surface area (Å²) in [4.78, 5) is 21.7. The van der Waals surface area contributed by atoms with Crippen molar-refractivity contribution < 1.29 is 27.1 Å². The summed E-state index contributed by atoms with van der Waals surface area (Å²) in [5, 5.41) is 0. The molecule has 2 aromatic carbocycles. The van der Waals surface area contributed by atoms with Gasteiger partial charge in [-0.25, -0.2) is 14.2 Å². The molecule has 0 unspecified atom stereocenters. The first-order valence-electron chi connectivity index (χ1n) is 10.7. The second kappa shape index (κ2) is 9.38. The number of alkyl halides is 3. The first kappa shape index (κ1) is 24.2. The second-order valence-corrected chi connectivity index (χ2v) is 8.10. The molecule has 0 spiro atoms. The molecule has 1 saturated heterocycles. The molecule has 1 fully saturated rings. The van der Waals surface area contributed by atoms with E-state index in [9.17, 15) is 22.4 Å². The monoisotopic (exact) mass is 487 g/mol. The van der Waals surface area contributed by atoms with Crippen molar-refractivity contribution in [3.63, 3.8) is 0 Å². The quantitative estimate of drug-likeness (QED) is 0.423. The molecule has 0 saturated carbocycles. The van der Waals surface area contributed by atoms with E-state index in [1.54, 1.807) is 0 Å². The average molecular weight is 487 g/mol. The molecule has 35 heavy (non-hydrogen) atoms. The number of rotatable bonds is 4. The topological polar surface area (TPSA) is 77.7 Å². The van der Waals surface area contributed by atoms with Crippen LogP contribution >= 0.6 is 0 Å². The van der Waals surface area contributed by atoms with Crippen LogP contribution in [0.3, 0.4) is 0 Å². The fraction of sp³-hybridized carbons (Fsp3) is 0.292. The Balaban J connectivity index is 1.97. The molecule has 1 aromatic heterocycles. The number of carbonyl (C=O) groups excluding carboxylic acids is 1. The molecular formula is C24H21F4N5O2. The zero-order chi connectivity index (χ0) is 25.3. The van der Waals surface area contributed by atoms with Crippen LogP contribution in [0, 0.1) is 12.4 Å². The fourth-order valence-corrected chi connectivity index (χ4v) is 4.09. The van der Waals surface area contributed by atoms with E-state index in [1.807, 2.05) is 0 Å². The Morgan fingerprint density at radius 1 is 1.23 bits per heavy atom. The SMILES string of the molecule is [C-]#[N+]c1ccc(-c2nc(C(=O)N3CCC[C@H](N)C3)c(C(F)(F)F)n2-c2ccc(OC)cc2)cc1F. The fourth-order valence-electron chi connectivity index (χ4n) is 4.09. The van der Waals surface area contributed by atoms with Crippen LogP contribution in [0.2, 0.25) is 0 Å². The Kier molecular flexibility index (Phi) is 6.49. The highest BCUT2D eigenvalue weighted by Crippen LogP contribution is 2.39. The number of imidazole rings is 1. The van der Waals surface area contributed by atoms with Crippen molar-refractivity contribution in [2.24, 2.45) is 5.73 Å². The highest BCUT2D eigenvalue weighted by molar-refractivity contribution is 5.95. The maximum atomic E-state index is 14.5. The van der Waals surface area contributed by atoms with Gasteiger partial charge in [0.25, 0.3) is 5.91 Å². The Bertz CT molecular complexity index is 1290. The van der Waals surface area contributed by atoms with E-state index in [0.29, 0.717) is 18.6 Å². The number of piperidine rings is 1. The standard InChI is InChI=1S/C24H21F4N5O2/c1-30-19-10-5-14(12-18(19)25)22-31-20(23(34)32-11-3-4-15(29)13-32)21(24(26,27)28)33(22)16-6-8-17(35-2)9-7-16/h5-10,12,15H,3-4,11,13,29H2,2H3/t15-/m0/s1. The summed E-state index contributed by atoms with van der Waals surface area (Å²) in [6.45, 7) is 7.38. The lowest BCUT2D eigenvalue weighted by molar-refractivity contribution is -0.142. The minimum absolute atomic E-state index is 0.0226. The van der Waals surface area contributed by atoms with Gasteiger partial charge in [0, 0.05) is 30.4 Å². The van der Waals surface area contributed by atoms with E-state index in [2.05, 4.69) is 9.83 Å². The van der Waals surface area contributed by atoms with Crippen molar-refractivity contribution in [3.05, 3.63) is 71.1 Å². The third kappa shape index (κ3) is 4.70. The summed E-state index contributed by atoms with van der Waals surface area (Å²) in [7, 11) is 1.42. The molecule has 2 N–H and O–H groups in total. The van der Waals surface area contributed by atoms with Gasteiger partial charge in [-0.3, -0.25) is 9.36 Å². The second-order valence-electron chi connectivity index (χ2n) is 8.10. The van der Waals surface area contributed by atoms with E-state index in [-0.39, 0.29) is 41.9 Å². The van der Waals surface area contributed by atoms with Crippen LogP contribution in [-0.4, -0.2) is 46.6 Å². The molecule has 1 aliphatic heterocycles. The lowest BCUT2D eigenvalue weighted by atomic mass is 10.1. The molecule has 4 rings (SSSR count). The first-order chi connectivity index (χ1) is 16.6. The molecule has 0 radical (unpaired) electrons. The molecule has 1 amide bonds. The zero-order valence-electron chi connectivity index (χ0n) is 18.6. The van der Waals surface area contributed by atoms with Crippen molar-refractivity contribution in [2.75, 3.05) is 20.2 Å². The summed E-state index contributed by atoms with van der Waals surface area (Å²) in [5.41, 5.74) is 3.59. The third-order valence-corrected chi connectivity index (χ3v) is 5.75. The van der Waals surface area contributed by atoms with E-state index < -0.39 is 29.3 Å². The smallest absolute Gasteiger partial charge is 0.434 e. The maximum absolute atomic E-state index is 14.5. The number of hydrogen-bond acceptors (Lipinski definition) is 4. The minimum atomic E-state index is -4.97. The molecule has 3 aromatic rings. The predicted octanol–water partition coefficient (Wildman–Crippen LogP) is 4.82. The van der Waals surface area contributed by atoms with Crippen LogP contribution in [0.5, 0.6) is 5.75 Å². The summed E-state index contributed by atoms with van der Waals surface area (Å²) in [6, 6.07) is 8.73. The van der Waals surface area contributed by atoms with Gasteiger partial charge in [-0.1, -0.05) is 12.1 Å². The summed E-state index contributed by atoms with van der Waals surface area (Å²) < 4.78 is 63.7. The number of methoxy groups -OCH3 is 1. The van der Waals surface area contributed by atoms with E-state index in [4.69, 9.17) is 17.0 Å². The number of aromatic nitrogens is 2. The van der Waals surface area contributed by atoms with Gasteiger partial charge in [0.05, 0.1) is 13.7 Å². The van der Waals surface area contributed by atoms with Gasteiger partial charge in [-0.05, 0) is 43.2 Å². The summed E-state index contributed by atoms with van der Waals surface area (Å²) in [5.74, 6) is -1.69. The van der Waals surface area contributed by atoms with Crippen LogP contribution in [0.25, 0.3) is 21.9 Å². The first-order valence-corrected chi connectivity index (χ1v) is 10.7. The average Bonchev–Trinajstić information content (AvgIpc) is 3.25. The molecule has 1 aliphatic rings. The number of carbonyl (C=O) groups is 1. The highest BCUT2D eigenvalue weighted by atomic mass is 19.4. The number of amides is 1. The molecule has 7 nitrogen and oxygen atoms in total.